The average Bonchev–Trinajstić information content (AvgIpc) is 3.15. The highest BCUT2D eigenvalue weighted by atomic mass is 19.1. The Bertz CT molecular complexity index is 686. The van der Waals surface area contributed by atoms with Crippen LogP contribution in [0.25, 0.3) is 0 Å². The fourth-order valence-corrected chi connectivity index (χ4v) is 2.96. The smallest absolute Gasteiger partial charge is 0.166 e. The maximum absolute atomic E-state index is 13.8. The van der Waals surface area contributed by atoms with E-state index in [1.54, 1.807) is 25.3 Å². The van der Waals surface area contributed by atoms with Crippen molar-refractivity contribution in [3.63, 3.8) is 0 Å². The molecule has 0 aliphatic carbocycles. The van der Waals surface area contributed by atoms with E-state index >= 15 is 0 Å². The SMILES string of the molecule is COc1cccc(CNC[C@@H]2CCCO2)c1OCc1ccccc1F. The van der Waals surface area contributed by atoms with Gasteiger partial charge >= 0.3 is 0 Å². The molecule has 0 bridgehead atoms. The molecular weight excluding hydrogens is 321 g/mol. The van der Waals surface area contributed by atoms with Crippen molar-refractivity contribution in [1.29, 1.82) is 0 Å². The summed E-state index contributed by atoms with van der Waals surface area (Å²) in [5, 5.41) is 3.41. The van der Waals surface area contributed by atoms with Crippen LogP contribution in [-0.2, 0) is 17.9 Å². The zero-order valence-corrected chi connectivity index (χ0v) is 14.5. The van der Waals surface area contributed by atoms with Gasteiger partial charge in [0.2, 0.25) is 0 Å². The number of hydrogen-bond donors (Lipinski definition) is 1. The summed E-state index contributed by atoms with van der Waals surface area (Å²) in [7, 11) is 1.61. The molecule has 1 aliphatic rings. The minimum Gasteiger partial charge on any atom is -0.493 e. The summed E-state index contributed by atoms with van der Waals surface area (Å²) < 4.78 is 30.8. The molecule has 5 heteroatoms. The molecule has 0 unspecified atom stereocenters. The molecule has 2 aromatic rings. The van der Waals surface area contributed by atoms with E-state index < -0.39 is 0 Å². The molecule has 1 atom stereocenters. The van der Waals surface area contributed by atoms with Crippen molar-refractivity contribution in [2.45, 2.75) is 32.1 Å². The summed E-state index contributed by atoms with van der Waals surface area (Å²) in [6.07, 6.45) is 2.51. The Kier molecular flexibility index (Phi) is 6.25. The summed E-state index contributed by atoms with van der Waals surface area (Å²) in [4.78, 5) is 0. The molecule has 0 amide bonds. The van der Waals surface area contributed by atoms with Gasteiger partial charge in [0.15, 0.2) is 11.5 Å². The first kappa shape index (κ1) is 17.7. The van der Waals surface area contributed by atoms with Gasteiger partial charge in [0.05, 0.1) is 13.2 Å². The van der Waals surface area contributed by atoms with Crippen molar-refractivity contribution in [3.05, 3.63) is 59.4 Å². The standard InChI is InChI=1S/C20H24FNO3/c1-23-19-10-4-7-15(12-22-13-17-8-5-11-24-17)20(19)25-14-16-6-2-3-9-18(16)21/h2-4,6-7,9-10,17,22H,5,8,11-14H2,1H3/t17-/m0/s1. The lowest BCUT2D eigenvalue weighted by Gasteiger charge is -2.17. The van der Waals surface area contributed by atoms with Crippen molar-refractivity contribution >= 4 is 0 Å². The van der Waals surface area contributed by atoms with E-state index in [2.05, 4.69) is 5.32 Å². The lowest BCUT2D eigenvalue weighted by molar-refractivity contribution is 0.110. The van der Waals surface area contributed by atoms with Crippen LogP contribution in [0.2, 0.25) is 0 Å². The second kappa shape index (κ2) is 8.83. The molecule has 134 valence electrons. The molecular formula is C20H24FNO3. The van der Waals surface area contributed by atoms with Gasteiger partial charge in [-0.05, 0) is 25.0 Å². The van der Waals surface area contributed by atoms with Gasteiger partial charge in [0.25, 0.3) is 0 Å². The fourth-order valence-electron chi connectivity index (χ4n) is 2.96. The Morgan fingerprint density at radius 2 is 2.00 bits per heavy atom. The molecule has 2 aromatic carbocycles. The van der Waals surface area contributed by atoms with E-state index in [1.807, 2.05) is 18.2 Å². The molecule has 3 rings (SSSR count). The minimum atomic E-state index is -0.268. The molecule has 0 aromatic heterocycles. The molecule has 1 N–H and O–H groups in total. The summed E-state index contributed by atoms with van der Waals surface area (Å²) >= 11 is 0. The fraction of sp³-hybridized carbons (Fsp3) is 0.400. The van der Waals surface area contributed by atoms with Crippen LogP contribution in [-0.4, -0.2) is 26.4 Å². The number of para-hydroxylation sites is 1. The van der Waals surface area contributed by atoms with Crippen LogP contribution in [0.5, 0.6) is 11.5 Å². The van der Waals surface area contributed by atoms with E-state index in [9.17, 15) is 4.39 Å². The van der Waals surface area contributed by atoms with E-state index in [-0.39, 0.29) is 18.5 Å². The Hall–Kier alpha value is -2.11. The first-order valence-corrected chi connectivity index (χ1v) is 8.62. The Morgan fingerprint density at radius 3 is 2.76 bits per heavy atom. The molecule has 1 heterocycles. The van der Waals surface area contributed by atoms with Crippen LogP contribution < -0.4 is 14.8 Å². The van der Waals surface area contributed by atoms with E-state index in [4.69, 9.17) is 14.2 Å². The van der Waals surface area contributed by atoms with Gasteiger partial charge < -0.3 is 19.5 Å². The second-order valence-electron chi connectivity index (χ2n) is 6.09. The lowest BCUT2D eigenvalue weighted by atomic mass is 10.1. The van der Waals surface area contributed by atoms with Gasteiger partial charge in [-0.3, -0.25) is 0 Å². The van der Waals surface area contributed by atoms with Crippen LogP contribution in [0, 0.1) is 5.82 Å². The number of methoxy groups -OCH3 is 1. The number of ether oxygens (including phenoxy) is 3. The normalized spacial score (nSPS) is 16.8. The topological polar surface area (TPSA) is 39.7 Å². The minimum absolute atomic E-state index is 0.159. The van der Waals surface area contributed by atoms with Crippen LogP contribution in [0.4, 0.5) is 4.39 Å². The predicted molar refractivity (Wildman–Crippen MR) is 94.4 cm³/mol. The van der Waals surface area contributed by atoms with E-state index in [0.717, 1.165) is 31.6 Å². The van der Waals surface area contributed by atoms with Crippen LogP contribution in [0.1, 0.15) is 24.0 Å². The highest BCUT2D eigenvalue weighted by Crippen LogP contribution is 2.32. The highest BCUT2D eigenvalue weighted by Gasteiger charge is 2.16. The van der Waals surface area contributed by atoms with Gasteiger partial charge in [0.1, 0.15) is 12.4 Å². The predicted octanol–water partition coefficient (Wildman–Crippen LogP) is 3.68. The molecule has 1 aliphatic heterocycles. The van der Waals surface area contributed by atoms with E-state index in [0.29, 0.717) is 23.6 Å². The monoisotopic (exact) mass is 345 g/mol. The quantitative estimate of drug-likeness (QED) is 0.792. The van der Waals surface area contributed by atoms with Crippen molar-refractivity contribution in [1.82, 2.24) is 5.32 Å². The molecule has 25 heavy (non-hydrogen) atoms. The van der Waals surface area contributed by atoms with Gasteiger partial charge in [0, 0.05) is 30.8 Å². The largest absolute Gasteiger partial charge is 0.493 e. The number of hydrogen-bond acceptors (Lipinski definition) is 4. The number of nitrogens with one attached hydrogen (secondary N) is 1. The van der Waals surface area contributed by atoms with Gasteiger partial charge in [-0.1, -0.05) is 30.3 Å². The third-order valence-corrected chi connectivity index (χ3v) is 4.32. The van der Waals surface area contributed by atoms with Crippen LogP contribution >= 0.6 is 0 Å². The average molecular weight is 345 g/mol. The lowest BCUT2D eigenvalue weighted by Crippen LogP contribution is -2.26. The number of rotatable bonds is 8. The zero-order valence-electron chi connectivity index (χ0n) is 14.5. The maximum atomic E-state index is 13.8. The third kappa shape index (κ3) is 4.71. The third-order valence-electron chi connectivity index (χ3n) is 4.32. The number of halogens is 1. The van der Waals surface area contributed by atoms with Crippen LogP contribution in [0.15, 0.2) is 42.5 Å². The Morgan fingerprint density at radius 1 is 1.16 bits per heavy atom. The molecule has 1 saturated heterocycles. The Labute approximate surface area is 147 Å². The maximum Gasteiger partial charge on any atom is 0.166 e. The summed E-state index contributed by atoms with van der Waals surface area (Å²) in [6, 6.07) is 12.4. The number of benzene rings is 2. The van der Waals surface area contributed by atoms with Gasteiger partial charge in [-0.15, -0.1) is 0 Å². The summed E-state index contributed by atoms with van der Waals surface area (Å²) in [5.41, 5.74) is 1.50. The Balaban J connectivity index is 1.66. The van der Waals surface area contributed by atoms with Gasteiger partial charge in [-0.25, -0.2) is 4.39 Å². The van der Waals surface area contributed by atoms with Gasteiger partial charge in [-0.2, -0.15) is 0 Å². The molecule has 0 radical (unpaired) electrons. The molecule has 1 fully saturated rings. The molecule has 4 nitrogen and oxygen atoms in total. The van der Waals surface area contributed by atoms with Crippen molar-refractivity contribution in [3.8, 4) is 11.5 Å². The molecule has 0 saturated carbocycles. The molecule has 0 spiro atoms. The second-order valence-corrected chi connectivity index (χ2v) is 6.09. The highest BCUT2D eigenvalue weighted by molar-refractivity contribution is 5.46. The van der Waals surface area contributed by atoms with Crippen molar-refractivity contribution in [2.24, 2.45) is 0 Å². The van der Waals surface area contributed by atoms with E-state index in [1.165, 1.54) is 6.07 Å². The first-order chi connectivity index (χ1) is 12.3. The van der Waals surface area contributed by atoms with Crippen molar-refractivity contribution < 1.29 is 18.6 Å². The summed E-state index contributed by atoms with van der Waals surface area (Å²) in [6.45, 7) is 2.46. The summed E-state index contributed by atoms with van der Waals surface area (Å²) in [5.74, 6) is 1.02. The zero-order chi connectivity index (χ0) is 17.5. The first-order valence-electron chi connectivity index (χ1n) is 8.62. The van der Waals surface area contributed by atoms with Crippen molar-refractivity contribution in [2.75, 3.05) is 20.3 Å². The van der Waals surface area contributed by atoms with Crippen LogP contribution in [0.3, 0.4) is 0 Å².